The highest BCUT2D eigenvalue weighted by Gasteiger charge is 2.17. The van der Waals surface area contributed by atoms with Crippen molar-refractivity contribution in [3.05, 3.63) is 123 Å². The van der Waals surface area contributed by atoms with Crippen LogP contribution < -0.4 is 18.9 Å². The zero-order chi connectivity index (χ0) is 30.5. The Labute approximate surface area is 262 Å². The molecule has 0 unspecified atom stereocenters. The molecule has 43 heavy (non-hydrogen) atoms. The van der Waals surface area contributed by atoms with Crippen molar-refractivity contribution < 1.29 is 33.3 Å². The molecule has 0 N–H and O–H groups in total. The van der Waals surface area contributed by atoms with E-state index in [1.54, 1.807) is 38.3 Å². The number of hydrogen-bond donors (Lipinski definition) is 0. The Bertz CT molecular complexity index is 1770. The number of hydrogen-bond acceptors (Lipinski definition) is 7. The van der Waals surface area contributed by atoms with Crippen LogP contribution in [0.25, 0.3) is 17.2 Å². The smallest absolute Gasteiger partial charge is 0.343 e. The number of aryl methyl sites for hydroxylation is 2. The monoisotopic (exact) mass is 686 g/mol. The predicted octanol–water partition coefficient (Wildman–Crippen LogP) is 7.38. The number of rotatable bonds is 8. The molecule has 0 saturated heterocycles. The van der Waals surface area contributed by atoms with E-state index in [0.717, 1.165) is 24.2 Å². The lowest BCUT2D eigenvalue weighted by Gasteiger charge is -2.21. The van der Waals surface area contributed by atoms with Crippen molar-refractivity contribution in [2.75, 3.05) is 7.11 Å². The van der Waals surface area contributed by atoms with Crippen LogP contribution in [0.2, 0.25) is 0 Å². The van der Waals surface area contributed by atoms with Gasteiger partial charge in [-0.25, -0.2) is 14.4 Å². The summed E-state index contributed by atoms with van der Waals surface area (Å²) < 4.78 is 22.1. The van der Waals surface area contributed by atoms with Gasteiger partial charge in [0.1, 0.15) is 23.0 Å². The third kappa shape index (κ3) is 7.21. The summed E-state index contributed by atoms with van der Waals surface area (Å²) in [4.78, 5) is 36.8. The van der Waals surface area contributed by atoms with Crippen molar-refractivity contribution in [1.82, 2.24) is 0 Å². The topological polar surface area (TPSA) is 88.1 Å². The minimum atomic E-state index is -0.588. The molecule has 1 aliphatic carbocycles. The number of carbonyl (C=O) groups is 3. The van der Waals surface area contributed by atoms with Crippen molar-refractivity contribution in [2.24, 2.45) is 0 Å². The molecule has 0 atom stereocenters. The van der Waals surface area contributed by atoms with Gasteiger partial charge in [0.2, 0.25) is 0 Å². The maximum atomic E-state index is 12.6. The van der Waals surface area contributed by atoms with Crippen molar-refractivity contribution in [2.45, 2.75) is 19.8 Å². The van der Waals surface area contributed by atoms with E-state index in [2.05, 4.69) is 30.8 Å². The molecule has 216 valence electrons. The quantitative estimate of drug-likeness (QED) is 0.0828. The van der Waals surface area contributed by atoms with Crippen LogP contribution in [0.1, 0.15) is 34.0 Å². The highest BCUT2D eigenvalue weighted by atomic mass is 127. The van der Waals surface area contributed by atoms with Gasteiger partial charge in [-0.05, 0) is 131 Å². The van der Waals surface area contributed by atoms with Gasteiger partial charge in [0, 0.05) is 11.6 Å². The standard InChI is InChI=1S/C35H27IO7/c1-21(2)34(38)41-26-10-8-23(9-11-26)35(39)42-28-13-16-32(31(36)20-28)43-33(37)17-5-22-4-14-29-24(18-22)6-7-25-19-27(40-3)12-15-30(25)29/h4-5,8-20H,1,6-7H2,2-3H3/b17-5+. The Morgan fingerprint density at radius 2 is 1.42 bits per heavy atom. The van der Waals surface area contributed by atoms with Crippen molar-refractivity contribution in [1.29, 1.82) is 0 Å². The van der Waals surface area contributed by atoms with Gasteiger partial charge in [-0.15, -0.1) is 0 Å². The molecular formula is C35H27IO7. The SMILES string of the molecule is C=C(C)C(=O)Oc1ccc(C(=O)Oc2ccc(OC(=O)/C=C/c3ccc4c(c3)CCc3cc(OC)ccc3-4)c(I)c2)cc1. The number of carbonyl (C=O) groups excluding carboxylic acids is 3. The first-order chi connectivity index (χ1) is 20.7. The van der Waals surface area contributed by atoms with Crippen LogP contribution in [0.3, 0.4) is 0 Å². The lowest BCUT2D eigenvalue weighted by atomic mass is 9.84. The Morgan fingerprint density at radius 3 is 2.09 bits per heavy atom. The summed E-state index contributed by atoms with van der Waals surface area (Å²) in [5.41, 5.74) is 6.36. The van der Waals surface area contributed by atoms with E-state index in [9.17, 15) is 14.4 Å². The van der Waals surface area contributed by atoms with Crippen molar-refractivity contribution >= 4 is 46.6 Å². The van der Waals surface area contributed by atoms with Crippen molar-refractivity contribution in [3.8, 4) is 34.1 Å². The molecule has 0 heterocycles. The number of benzene rings is 4. The van der Waals surface area contributed by atoms with Crippen LogP contribution in [-0.2, 0) is 22.4 Å². The first kappa shape index (κ1) is 29.8. The van der Waals surface area contributed by atoms with E-state index >= 15 is 0 Å². The zero-order valence-electron chi connectivity index (χ0n) is 23.5. The van der Waals surface area contributed by atoms with Gasteiger partial charge in [-0.1, -0.05) is 30.8 Å². The predicted molar refractivity (Wildman–Crippen MR) is 172 cm³/mol. The molecule has 0 aromatic heterocycles. The Balaban J connectivity index is 1.18. The van der Waals surface area contributed by atoms with E-state index < -0.39 is 17.9 Å². The van der Waals surface area contributed by atoms with Crippen molar-refractivity contribution in [3.63, 3.8) is 0 Å². The maximum Gasteiger partial charge on any atom is 0.343 e. The Kier molecular flexibility index (Phi) is 9.06. The fourth-order valence-corrected chi connectivity index (χ4v) is 5.17. The van der Waals surface area contributed by atoms with Crippen LogP contribution in [0.15, 0.2) is 97.1 Å². The van der Waals surface area contributed by atoms with Gasteiger partial charge in [-0.3, -0.25) is 0 Å². The molecule has 0 bridgehead atoms. The third-order valence-corrected chi connectivity index (χ3v) is 7.62. The average molecular weight is 686 g/mol. The van der Waals surface area contributed by atoms with Crippen LogP contribution in [0.5, 0.6) is 23.0 Å². The molecule has 4 aromatic carbocycles. The van der Waals surface area contributed by atoms with E-state index in [-0.39, 0.29) is 22.6 Å². The van der Waals surface area contributed by atoms with Gasteiger partial charge in [0.05, 0.1) is 16.2 Å². The van der Waals surface area contributed by atoms with Gasteiger partial charge in [0.25, 0.3) is 0 Å². The molecule has 0 fully saturated rings. The van der Waals surface area contributed by atoms with Crippen LogP contribution >= 0.6 is 22.6 Å². The first-order valence-electron chi connectivity index (χ1n) is 13.4. The fourth-order valence-electron chi connectivity index (χ4n) is 4.58. The molecule has 0 aliphatic heterocycles. The summed E-state index contributed by atoms with van der Waals surface area (Å²) in [5, 5.41) is 0. The first-order valence-corrected chi connectivity index (χ1v) is 14.5. The van der Waals surface area contributed by atoms with E-state index in [1.807, 2.05) is 34.7 Å². The van der Waals surface area contributed by atoms with E-state index in [4.69, 9.17) is 18.9 Å². The van der Waals surface area contributed by atoms with Crippen LogP contribution in [0, 0.1) is 3.57 Å². The molecule has 1 aliphatic rings. The number of ether oxygens (including phenoxy) is 4. The van der Waals surface area contributed by atoms with E-state index in [0.29, 0.717) is 9.32 Å². The third-order valence-electron chi connectivity index (χ3n) is 6.78. The maximum absolute atomic E-state index is 12.6. The lowest BCUT2D eigenvalue weighted by molar-refractivity contribution is -0.130. The number of fused-ring (bicyclic) bond motifs is 3. The minimum Gasteiger partial charge on any atom is -0.497 e. The van der Waals surface area contributed by atoms with Crippen LogP contribution in [-0.4, -0.2) is 25.0 Å². The molecule has 5 rings (SSSR count). The number of methoxy groups -OCH3 is 1. The lowest BCUT2D eigenvalue weighted by Crippen LogP contribution is -2.10. The molecular weight excluding hydrogens is 659 g/mol. The molecule has 0 radical (unpaired) electrons. The van der Waals surface area contributed by atoms with Gasteiger partial charge < -0.3 is 18.9 Å². The second kappa shape index (κ2) is 13.1. The summed E-state index contributed by atoms with van der Waals surface area (Å²) in [5.74, 6) is 0.122. The van der Waals surface area contributed by atoms with E-state index in [1.165, 1.54) is 52.6 Å². The second-order valence-corrected chi connectivity index (χ2v) is 11.0. The van der Waals surface area contributed by atoms with Gasteiger partial charge in [-0.2, -0.15) is 0 Å². The molecule has 0 amide bonds. The fraction of sp³-hybridized carbons (Fsp3) is 0.114. The largest absolute Gasteiger partial charge is 0.497 e. The average Bonchev–Trinajstić information content (AvgIpc) is 3.01. The summed E-state index contributed by atoms with van der Waals surface area (Å²) in [6, 6.07) is 23.0. The summed E-state index contributed by atoms with van der Waals surface area (Å²) in [7, 11) is 1.67. The minimum absolute atomic E-state index is 0.270. The highest BCUT2D eigenvalue weighted by Crippen LogP contribution is 2.36. The van der Waals surface area contributed by atoms with Gasteiger partial charge >= 0.3 is 17.9 Å². The number of esters is 3. The molecule has 7 nitrogen and oxygen atoms in total. The normalized spacial score (nSPS) is 11.7. The summed E-state index contributed by atoms with van der Waals surface area (Å²) in [6.45, 7) is 5.08. The van der Waals surface area contributed by atoms with Crippen LogP contribution in [0.4, 0.5) is 0 Å². The van der Waals surface area contributed by atoms with Gasteiger partial charge in [0.15, 0.2) is 0 Å². The molecule has 4 aromatic rings. The number of halogens is 1. The Morgan fingerprint density at radius 1 is 0.767 bits per heavy atom. The summed E-state index contributed by atoms with van der Waals surface area (Å²) in [6.07, 6.45) is 4.97. The zero-order valence-corrected chi connectivity index (χ0v) is 25.7. The molecule has 0 spiro atoms. The summed E-state index contributed by atoms with van der Waals surface area (Å²) >= 11 is 2.01. The molecule has 8 heteroatoms. The molecule has 0 saturated carbocycles. The second-order valence-electron chi connectivity index (χ2n) is 9.87. The Hall–Kier alpha value is -4.70. The highest BCUT2D eigenvalue weighted by molar-refractivity contribution is 14.1.